The fourth-order valence-corrected chi connectivity index (χ4v) is 3.88. The van der Waals surface area contributed by atoms with E-state index >= 15 is 0 Å². The standard InChI is InChI=1S/C25H28N4O5/c1-2-32-23(30)15-29(18-4-6-19(7-5-18)33-20-9-11-28-12-10-20)25(31)22-14-17-13-16(24(26)27)3-8-21(17)34-22/h3-8,13-14,20,28H,2,9-12,15H2,1H3,(H3,26,27). The van der Waals surface area contributed by atoms with Crippen molar-refractivity contribution in [3.63, 3.8) is 0 Å². The SMILES string of the molecule is CCOC(=O)CN(C(=O)c1cc2cc(C(=N)N)ccc2o1)c1ccc(OC2CCNCC2)cc1. The number of amidine groups is 1. The highest BCUT2D eigenvalue weighted by atomic mass is 16.5. The van der Waals surface area contributed by atoms with Crippen molar-refractivity contribution < 1.29 is 23.5 Å². The van der Waals surface area contributed by atoms with E-state index in [0.29, 0.717) is 28.0 Å². The molecule has 0 unspecified atom stereocenters. The largest absolute Gasteiger partial charge is 0.490 e. The van der Waals surface area contributed by atoms with E-state index in [-0.39, 0.29) is 30.9 Å². The Balaban J connectivity index is 1.59. The molecule has 0 aliphatic carbocycles. The molecule has 2 heterocycles. The number of hydrogen-bond acceptors (Lipinski definition) is 7. The van der Waals surface area contributed by atoms with Crippen molar-refractivity contribution in [1.29, 1.82) is 5.41 Å². The summed E-state index contributed by atoms with van der Waals surface area (Å²) >= 11 is 0. The van der Waals surface area contributed by atoms with Crippen LogP contribution in [0.2, 0.25) is 0 Å². The van der Waals surface area contributed by atoms with Crippen molar-refractivity contribution >= 4 is 34.4 Å². The third-order valence-electron chi connectivity index (χ3n) is 5.61. The number of ether oxygens (including phenoxy) is 2. The normalized spacial score (nSPS) is 14.0. The van der Waals surface area contributed by atoms with E-state index in [2.05, 4.69) is 5.32 Å². The minimum absolute atomic E-state index is 0.0648. The molecule has 178 valence electrons. The van der Waals surface area contributed by atoms with E-state index in [1.165, 1.54) is 4.90 Å². The Morgan fingerprint density at radius 2 is 1.88 bits per heavy atom. The molecule has 4 N–H and O–H groups in total. The zero-order chi connectivity index (χ0) is 24.1. The molecule has 1 amide bonds. The van der Waals surface area contributed by atoms with Crippen molar-refractivity contribution in [2.45, 2.75) is 25.9 Å². The van der Waals surface area contributed by atoms with Gasteiger partial charge in [-0.1, -0.05) is 0 Å². The van der Waals surface area contributed by atoms with Gasteiger partial charge in [0.2, 0.25) is 0 Å². The molecule has 0 radical (unpaired) electrons. The highest BCUT2D eigenvalue weighted by Crippen LogP contribution is 2.26. The predicted molar refractivity (Wildman–Crippen MR) is 129 cm³/mol. The fraction of sp³-hybridized carbons (Fsp3) is 0.320. The number of nitrogens with two attached hydrogens (primary N) is 1. The second-order valence-corrected chi connectivity index (χ2v) is 8.03. The molecule has 34 heavy (non-hydrogen) atoms. The lowest BCUT2D eigenvalue weighted by Gasteiger charge is -2.24. The Labute approximate surface area is 197 Å². The summed E-state index contributed by atoms with van der Waals surface area (Å²) < 4.78 is 16.9. The van der Waals surface area contributed by atoms with Gasteiger partial charge in [-0.2, -0.15) is 0 Å². The first kappa shape index (κ1) is 23.3. The smallest absolute Gasteiger partial charge is 0.326 e. The number of benzene rings is 2. The Bertz CT molecular complexity index is 1180. The van der Waals surface area contributed by atoms with Crippen LogP contribution in [0.4, 0.5) is 5.69 Å². The number of fused-ring (bicyclic) bond motifs is 1. The lowest BCUT2D eigenvalue weighted by molar-refractivity contribution is -0.141. The molecule has 2 aromatic carbocycles. The van der Waals surface area contributed by atoms with Gasteiger partial charge in [0.1, 0.15) is 29.8 Å². The molecule has 1 aliphatic rings. The molecule has 9 heteroatoms. The number of nitrogens with zero attached hydrogens (tertiary/aromatic N) is 1. The molecule has 0 bridgehead atoms. The first-order valence-corrected chi connectivity index (χ1v) is 11.3. The van der Waals surface area contributed by atoms with Crippen molar-refractivity contribution in [1.82, 2.24) is 5.32 Å². The quantitative estimate of drug-likeness (QED) is 0.265. The molecule has 1 aromatic heterocycles. The van der Waals surface area contributed by atoms with Crippen LogP contribution in [0.15, 0.2) is 52.9 Å². The van der Waals surface area contributed by atoms with Gasteiger partial charge in [-0.05, 0) is 81.4 Å². The van der Waals surface area contributed by atoms with Crippen LogP contribution < -0.4 is 20.7 Å². The van der Waals surface area contributed by atoms with Crippen LogP contribution in [0.5, 0.6) is 5.75 Å². The Kier molecular flexibility index (Phi) is 7.12. The highest BCUT2D eigenvalue weighted by Gasteiger charge is 2.25. The molecule has 1 fully saturated rings. The van der Waals surface area contributed by atoms with Gasteiger partial charge in [0.15, 0.2) is 5.76 Å². The average Bonchev–Trinajstić information content (AvgIpc) is 3.27. The van der Waals surface area contributed by atoms with Gasteiger partial charge in [-0.3, -0.25) is 19.9 Å². The first-order valence-electron chi connectivity index (χ1n) is 11.3. The van der Waals surface area contributed by atoms with Crippen LogP contribution in [0, 0.1) is 5.41 Å². The van der Waals surface area contributed by atoms with Gasteiger partial charge >= 0.3 is 5.97 Å². The summed E-state index contributed by atoms with van der Waals surface area (Å²) in [5.41, 5.74) is 7.09. The molecule has 0 atom stereocenters. The van der Waals surface area contributed by atoms with Crippen molar-refractivity contribution in [3.8, 4) is 5.75 Å². The minimum Gasteiger partial charge on any atom is -0.490 e. The Morgan fingerprint density at radius 1 is 1.15 bits per heavy atom. The first-order chi connectivity index (χ1) is 16.4. The molecule has 1 aliphatic heterocycles. The van der Waals surface area contributed by atoms with Gasteiger partial charge in [-0.15, -0.1) is 0 Å². The number of carbonyl (C=O) groups excluding carboxylic acids is 2. The number of carbonyl (C=O) groups is 2. The molecule has 4 rings (SSSR count). The summed E-state index contributed by atoms with van der Waals surface area (Å²) in [5, 5.41) is 11.5. The van der Waals surface area contributed by atoms with Crippen molar-refractivity contribution in [2.24, 2.45) is 5.73 Å². The molecule has 9 nitrogen and oxygen atoms in total. The zero-order valence-corrected chi connectivity index (χ0v) is 19.0. The summed E-state index contributed by atoms with van der Waals surface area (Å²) in [7, 11) is 0. The van der Waals surface area contributed by atoms with E-state index in [4.69, 9.17) is 25.0 Å². The van der Waals surface area contributed by atoms with Gasteiger partial charge in [0, 0.05) is 16.6 Å². The van der Waals surface area contributed by atoms with Crippen molar-refractivity contribution in [3.05, 3.63) is 59.9 Å². The minimum atomic E-state index is -0.527. The van der Waals surface area contributed by atoms with Gasteiger partial charge in [-0.25, -0.2) is 0 Å². The summed E-state index contributed by atoms with van der Waals surface area (Å²) in [5.74, 6) is -0.317. The third-order valence-corrected chi connectivity index (χ3v) is 5.61. The second kappa shape index (κ2) is 10.4. The summed E-state index contributed by atoms with van der Waals surface area (Å²) in [4.78, 5) is 27.0. The Morgan fingerprint density at radius 3 is 2.56 bits per heavy atom. The fourth-order valence-electron chi connectivity index (χ4n) is 3.88. The van der Waals surface area contributed by atoms with Crippen LogP contribution in [0.25, 0.3) is 11.0 Å². The summed E-state index contributed by atoms with van der Waals surface area (Å²) in [6, 6.07) is 13.6. The van der Waals surface area contributed by atoms with E-state index in [1.807, 2.05) is 0 Å². The molecule has 0 spiro atoms. The van der Waals surface area contributed by atoms with Gasteiger partial charge < -0.3 is 24.9 Å². The predicted octanol–water partition coefficient (Wildman–Crippen LogP) is 3.06. The molecule has 1 saturated heterocycles. The zero-order valence-electron chi connectivity index (χ0n) is 19.0. The Hall–Kier alpha value is -3.85. The van der Waals surface area contributed by atoms with E-state index in [1.54, 1.807) is 55.5 Å². The van der Waals surface area contributed by atoms with E-state index in [9.17, 15) is 9.59 Å². The maximum absolute atomic E-state index is 13.4. The molecular weight excluding hydrogens is 436 g/mol. The van der Waals surface area contributed by atoms with Crippen LogP contribution in [-0.4, -0.2) is 50.1 Å². The van der Waals surface area contributed by atoms with Crippen LogP contribution in [-0.2, 0) is 9.53 Å². The maximum atomic E-state index is 13.4. The maximum Gasteiger partial charge on any atom is 0.326 e. The second-order valence-electron chi connectivity index (χ2n) is 8.03. The molecule has 3 aromatic rings. The number of esters is 1. The van der Waals surface area contributed by atoms with Gasteiger partial charge in [0.05, 0.1) is 6.61 Å². The molecular formula is C25H28N4O5. The number of nitrogens with one attached hydrogen (secondary N) is 2. The monoisotopic (exact) mass is 464 g/mol. The summed E-state index contributed by atoms with van der Waals surface area (Å²) in [6.07, 6.45) is 2.03. The van der Waals surface area contributed by atoms with Crippen LogP contribution in [0.1, 0.15) is 35.9 Å². The molecule has 0 saturated carbocycles. The number of furan rings is 1. The van der Waals surface area contributed by atoms with E-state index in [0.717, 1.165) is 25.9 Å². The number of amides is 1. The average molecular weight is 465 g/mol. The lowest BCUT2D eigenvalue weighted by Crippen LogP contribution is -2.36. The number of anilines is 1. The summed E-state index contributed by atoms with van der Waals surface area (Å²) in [6.45, 7) is 3.51. The highest BCUT2D eigenvalue weighted by molar-refractivity contribution is 6.09. The number of piperidine rings is 1. The number of hydrogen-bond donors (Lipinski definition) is 3. The van der Waals surface area contributed by atoms with Gasteiger partial charge in [0.25, 0.3) is 5.91 Å². The van der Waals surface area contributed by atoms with Crippen LogP contribution in [0.3, 0.4) is 0 Å². The van der Waals surface area contributed by atoms with Crippen molar-refractivity contribution in [2.75, 3.05) is 31.1 Å². The number of rotatable bonds is 8. The topological polar surface area (TPSA) is 131 Å². The van der Waals surface area contributed by atoms with E-state index < -0.39 is 11.9 Å². The lowest BCUT2D eigenvalue weighted by atomic mass is 10.1. The third kappa shape index (κ3) is 5.37. The van der Waals surface area contributed by atoms with Crippen LogP contribution >= 0.6 is 0 Å². The number of nitrogen functional groups attached to an aromatic ring is 1.